The summed E-state index contributed by atoms with van der Waals surface area (Å²) in [5, 5.41) is 11.5. The predicted octanol–water partition coefficient (Wildman–Crippen LogP) is 2.52. The summed E-state index contributed by atoms with van der Waals surface area (Å²) in [6, 6.07) is 0.362. The minimum absolute atomic E-state index is 0. The van der Waals surface area contributed by atoms with E-state index in [1.807, 2.05) is 4.68 Å². The Morgan fingerprint density at radius 1 is 1.28 bits per heavy atom. The zero-order valence-corrected chi connectivity index (χ0v) is 20.8. The average molecular weight is 534 g/mol. The first-order valence-corrected chi connectivity index (χ1v) is 12.2. The maximum atomic E-state index is 5.12. The van der Waals surface area contributed by atoms with E-state index in [0.717, 1.165) is 44.3 Å². The van der Waals surface area contributed by atoms with Crippen molar-refractivity contribution in [2.45, 2.75) is 70.0 Å². The van der Waals surface area contributed by atoms with Gasteiger partial charge in [0.1, 0.15) is 12.2 Å². The molecular formula is C20H36IN7S. The van der Waals surface area contributed by atoms with Gasteiger partial charge in [-0.15, -0.1) is 24.0 Å². The van der Waals surface area contributed by atoms with Crippen LogP contribution in [0.15, 0.2) is 11.3 Å². The number of nitrogens with zero attached hydrogens (tertiary/aromatic N) is 5. The van der Waals surface area contributed by atoms with Gasteiger partial charge in [-0.1, -0.05) is 19.3 Å². The van der Waals surface area contributed by atoms with Crippen LogP contribution >= 0.6 is 35.7 Å². The summed E-state index contributed by atoms with van der Waals surface area (Å²) in [7, 11) is 0. The smallest absolute Gasteiger partial charge is 0.191 e. The molecule has 0 bridgehead atoms. The quantitative estimate of drug-likeness (QED) is 0.345. The van der Waals surface area contributed by atoms with E-state index in [1.54, 1.807) is 6.33 Å². The standard InChI is InChI=1S/C20H35N7S.HI/c1-2-21-19(25-17-6-7-18-23-16-24-27(18)14-17)22-15-20(8-4-3-5-9-20)26-10-12-28-13-11-26;/h16-17H,2-15H2,1H3,(H2,21,22,25);1H. The molecule has 1 saturated heterocycles. The lowest BCUT2D eigenvalue weighted by Crippen LogP contribution is -2.56. The minimum Gasteiger partial charge on any atom is -0.357 e. The fraction of sp³-hybridized carbons (Fsp3) is 0.850. The van der Waals surface area contributed by atoms with Crippen molar-refractivity contribution in [1.29, 1.82) is 0 Å². The van der Waals surface area contributed by atoms with E-state index in [0.29, 0.717) is 6.04 Å². The van der Waals surface area contributed by atoms with Crippen LogP contribution in [0.25, 0.3) is 0 Å². The van der Waals surface area contributed by atoms with E-state index in [9.17, 15) is 0 Å². The van der Waals surface area contributed by atoms with Crippen molar-refractivity contribution < 1.29 is 0 Å². The van der Waals surface area contributed by atoms with Crippen LogP contribution in [0.2, 0.25) is 0 Å². The van der Waals surface area contributed by atoms with Gasteiger partial charge in [0.05, 0.1) is 13.1 Å². The largest absolute Gasteiger partial charge is 0.357 e. The van der Waals surface area contributed by atoms with Gasteiger partial charge in [-0.2, -0.15) is 16.9 Å². The van der Waals surface area contributed by atoms with Crippen molar-refractivity contribution in [3.63, 3.8) is 0 Å². The zero-order valence-electron chi connectivity index (χ0n) is 17.6. The Balaban J connectivity index is 0.00000240. The third kappa shape index (κ3) is 5.78. The van der Waals surface area contributed by atoms with Gasteiger partial charge in [0.15, 0.2) is 5.96 Å². The van der Waals surface area contributed by atoms with Crippen LogP contribution in [0.5, 0.6) is 0 Å². The minimum atomic E-state index is 0. The second-order valence-electron chi connectivity index (χ2n) is 8.32. The highest BCUT2D eigenvalue weighted by Crippen LogP contribution is 2.35. The van der Waals surface area contributed by atoms with Crippen LogP contribution in [0.1, 0.15) is 51.3 Å². The van der Waals surface area contributed by atoms with Gasteiger partial charge in [0.2, 0.25) is 0 Å². The van der Waals surface area contributed by atoms with Gasteiger partial charge in [0, 0.05) is 49.1 Å². The van der Waals surface area contributed by atoms with E-state index in [-0.39, 0.29) is 29.5 Å². The van der Waals surface area contributed by atoms with Gasteiger partial charge in [0.25, 0.3) is 0 Å². The Hall–Kier alpha value is -0.550. The number of aliphatic imine (C=N–C) groups is 1. The summed E-state index contributed by atoms with van der Waals surface area (Å²) in [5.74, 6) is 4.61. The van der Waals surface area contributed by atoms with Crippen molar-refractivity contribution in [1.82, 2.24) is 30.3 Å². The molecule has 0 spiro atoms. The van der Waals surface area contributed by atoms with Crippen LogP contribution in [0.3, 0.4) is 0 Å². The molecule has 4 rings (SSSR count). The number of aromatic nitrogens is 3. The van der Waals surface area contributed by atoms with E-state index in [2.05, 4.69) is 44.3 Å². The molecule has 164 valence electrons. The number of fused-ring (bicyclic) bond motifs is 1. The lowest BCUT2D eigenvalue weighted by atomic mass is 9.80. The fourth-order valence-corrected chi connectivity index (χ4v) is 5.82. The highest BCUT2D eigenvalue weighted by atomic mass is 127. The maximum absolute atomic E-state index is 5.12. The summed E-state index contributed by atoms with van der Waals surface area (Å²) in [6.45, 7) is 7.26. The molecule has 2 N–H and O–H groups in total. The highest BCUT2D eigenvalue weighted by molar-refractivity contribution is 14.0. The second-order valence-corrected chi connectivity index (χ2v) is 9.54. The van der Waals surface area contributed by atoms with Gasteiger partial charge >= 0.3 is 0 Å². The fourth-order valence-electron chi connectivity index (χ4n) is 4.92. The number of aryl methyl sites for hydroxylation is 1. The first-order chi connectivity index (χ1) is 13.8. The Bertz CT molecular complexity index is 653. The molecule has 3 heterocycles. The molecule has 3 aliphatic rings. The van der Waals surface area contributed by atoms with Crippen molar-refractivity contribution in [3.05, 3.63) is 12.2 Å². The molecule has 0 aromatic carbocycles. The number of hydrogen-bond acceptors (Lipinski definition) is 5. The summed E-state index contributed by atoms with van der Waals surface area (Å²) >= 11 is 2.10. The van der Waals surface area contributed by atoms with Crippen molar-refractivity contribution in [2.24, 2.45) is 4.99 Å². The van der Waals surface area contributed by atoms with Gasteiger partial charge in [-0.05, 0) is 26.2 Å². The molecule has 1 aromatic heterocycles. The molecule has 0 radical (unpaired) electrons. The Morgan fingerprint density at radius 3 is 2.83 bits per heavy atom. The topological polar surface area (TPSA) is 70.4 Å². The number of thioether (sulfide) groups is 1. The summed E-state index contributed by atoms with van der Waals surface area (Å²) in [5.41, 5.74) is 0.271. The Labute approximate surface area is 196 Å². The summed E-state index contributed by atoms with van der Waals surface area (Å²) in [6.07, 6.45) is 10.4. The van der Waals surface area contributed by atoms with E-state index in [1.165, 1.54) is 56.7 Å². The zero-order chi connectivity index (χ0) is 19.2. The van der Waals surface area contributed by atoms with Gasteiger partial charge < -0.3 is 10.6 Å². The molecule has 0 amide bonds. The lowest BCUT2D eigenvalue weighted by Gasteiger charge is -2.47. The Kier molecular flexibility index (Phi) is 8.91. The van der Waals surface area contributed by atoms with E-state index in [4.69, 9.17) is 4.99 Å². The molecule has 1 aliphatic carbocycles. The first kappa shape index (κ1) is 23.1. The number of halogens is 1. The number of hydrogen-bond donors (Lipinski definition) is 2. The maximum Gasteiger partial charge on any atom is 0.191 e. The normalized spacial score (nSPS) is 25.0. The van der Waals surface area contributed by atoms with Crippen molar-refractivity contribution in [2.75, 3.05) is 37.7 Å². The van der Waals surface area contributed by atoms with Crippen LogP contribution in [0.4, 0.5) is 0 Å². The Morgan fingerprint density at radius 2 is 2.07 bits per heavy atom. The van der Waals surface area contributed by atoms with E-state index >= 15 is 0 Å². The predicted molar refractivity (Wildman–Crippen MR) is 131 cm³/mol. The van der Waals surface area contributed by atoms with Gasteiger partial charge in [-0.25, -0.2) is 9.67 Å². The summed E-state index contributed by atoms with van der Waals surface area (Å²) < 4.78 is 2.03. The molecule has 1 unspecified atom stereocenters. The molecule has 2 fully saturated rings. The third-order valence-electron chi connectivity index (χ3n) is 6.49. The lowest BCUT2D eigenvalue weighted by molar-refractivity contribution is 0.0671. The highest BCUT2D eigenvalue weighted by Gasteiger charge is 2.38. The number of nitrogens with one attached hydrogen (secondary N) is 2. The number of guanidine groups is 1. The molecule has 29 heavy (non-hydrogen) atoms. The molecular weight excluding hydrogens is 497 g/mol. The molecule has 1 saturated carbocycles. The molecule has 9 heteroatoms. The SMILES string of the molecule is CCNC(=NCC1(N2CCSCC2)CCCCC1)NC1CCc2ncnn2C1.I. The van der Waals surface area contributed by atoms with E-state index < -0.39 is 0 Å². The molecule has 1 atom stereocenters. The van der Waals surface area contributed by atoms with Crippen molar-refractivity contribution in [3.8, 4) is 0 Å². The second kappa shape index (κ2) is 11.2. The number of rotatable bonds is 5. The van der Waals surface area contributed by atoms with Crippen molar-refractivity contribution >= 4 is 41.7 Å². The third-order valence-corrected chi connectivity index (χ3v) is 7.43. The van der Waals surface area contributed by atoms with Gasteiger partial charge in [-0.3, -0.25) is 9.89 Å². The molecule has 1 aromatic rings. The first-order valence-electron chi connectivity index (χ1n) is 11.0. The molecule has 7 nitrogen and oxygen atoms in total. The van der Waals surface area contributed by atoms with Crippen LogP contribution in [0, 0.1) is 0 Å². The van der Waals surface area contributed by atoms with Crippen LogP contribution < -0.4 is 10.6 Å². The van der Waals surface area contributed by atoms with Crippen LogP contribution in [-0.2, 0) is 13.0 Å². The molecule has 2 aliphatic heterocycles. The summed E-state index contributed by atoms with van der Waals surface area (Å²) in [4.78, 5) is 12.2. The average Bonchev–Trinajstić information content (AvgIpc) is 3.21. The van der Waals surface area contributed by atoms with Crippen LogP contribution in [-0.4, -0.2) is 74.9 Å². The monoisotopic (exact) mass is 533 g/mol.